The Morgan fingerprint density at radius 1 is 1.36 bits per heavy atom. The molecule has 2 heterocycles. The van der Waals surface area contributed by atoms with Gasteiger partial charge in [0.15, 0.2) is 0 Å². The molecule has 1 aliphatic heterocycles. The molecule has 0 bridgehead atoms. The predicted octanol–water partition coefficient (Wildman–Crippen LogP) is 2.30. The molecule has 1 atom stereocenters. The van der Waals surface area contributed by atoms with E-state index in [1.807, 2.05) is 12.1 Å². The van der Waals surface area contributed by atoms with Gasteiger partial charge >= 0.3 is 6.03 Å². The molecule has 0 aromatic carbocycles. The topological polar surface area (TPSA) is 65.5 Å². The van der Waals surface area contributed by atoms with Crippen molar-refractivity contribution >= 4 is 6.03 Å². The van der Waals surface area contributed by atoms with Crippen LogP contribution >= 0.6 is 0 Å². The first-order valence-corrected chi connectivity index (χ1v) is 7.89. The quantitative estimate of drug-likeness (QED) is 0.897. The van der Waals surface area contributed by atoms with E-state index in [1.165, 1.54) is 0 Å². The van der Waals surface area contributed by atoms with Gasteiger partial charge in [-0.25, -0.2) is 4.79 Å². The summed E-state index contributed by atoms with van der Waals surface area (Å²) in [5.41, 5.74) is 0.111. The van der Waals surface area contributed by atoms with Crippen molar-refractivity contribution in [3.05, 3.63) is 30.1 Å². The van der Waals surface area contributed by atoms with E-state index in [2.05, 4.69) is 24.1 Å². The van der Waals surface area contributed by atoms with Gasteiger partial charge < -0.3 is 15.3 Å². The average molecular weight is 305 g/mol. The van der Waals surface area contributed by atoms with Crippen LogP contribution in [0.1, 0.15) is 46.1 Å². The molecule has 1 fully saturated rings. The fourth-order valence-electron chi connectivity index (χ4n) is 3.05. The first-order chi connectivity index (χ1) is 10.2. The molecule has 5 heteroatoms. The zero-order valence-electron chi connectivity index (χ0n) is 14.0. The van der Waals surface area contributed by atoms with Crippen LogP contribution in [0.3, 0.4) is 0 Å². The van der Waals surface area contributed by atoms with Crippen molar-refractivity contribution in [1.82, 2.24) is 15.2 Å². The van der Waals surface area contributed by atoms with Crippen molar-refractivity contribution in [2.75, 3.05) is 13.1 Å². The van der Waals surface area contributed by atoms with Crippen LogP contribution in [-0.4, -0.2) is 45.8 Å². The van der Waals surface area contributed by atoms with Crippen LogP contribution in [0.15, 0.2) is 24.5 Å². The molecule has 22 heavy (non-hydrogen) atoms. The van der Waals surface area contributed by atoms with Gasteiger partial charge in [0.2, 0.25) is 0 Å². The van der Waals surface area contributed by atoms with Crippen LogP contribution in [0, 0.1) is 0 Å². The van der Waals surface area contributed by atoms with Crippen LogP contribution in [0.2, 0.25) is 0 Å². The summed E-state index contributed by atoms with van der Waals surface area (Å²) in [5, 5.41) is 13.2. The molecule has 1 aromatic heterocycles. The van der Waals surface area contributed by atoms with Gasteiger partial charge in [-0.1, -0.05) is 13.8 Å². The molecule has 0 saturated carbocycles. The molecule has 0 radical (unpaired) electrons. The van der Waals surface area contributed by atoms with Crippen molar-refractivity contribution in [2.24, 2.45) is 0 Å². The Labute approximate surface area is 132 Å². The summed E-state index contributed by atoms with van der Waals surface area (Å²) >= 11 is 0. The summed E-state index contributed by atoms with van der Waals surface area (Å²) in [5.74, 6) is 0. The summed E-state index contributed by atoms with van der Waals surface area (Å²) in [6, 6.07) is 3.74. The summed E-state index contributed by atoms with van der Waals surface area (Å²) in [4.78, 5) is 18.3. The maximum Gasteiger partial charge on any atom is 0.317 e. The Morgan fingerprint density at radius 3 is 2.59 bits per heavy atom. The molecule has 5 nitrogen and oxygen atoms in total. The minimum Gasteiger partial charge on any atom is -0.388 e. The third-order valence-electron chi connectivity index (χ3n) is 4.47. The third-order valence-corrected chi connectivity index (χ3v) is 4.47. The molecule has 2 rings (SSSR count). The van der Waals surface area contributed by atoms with E-state index in [-0.39, 0.29) is 17.5 Å². The van der Waals surface area contributed by atoms with Gasteiger partial charge in [-0.2, -0.15) is 0 Å². The highest BCUT2D eigenvalue weighted by Crippen LogP contribution is 2.27. The lowest BCUT2D eigenvalue weighted by Gasteiger charge is -2.35. The van der Waals surface area contributed by atoms with Gasteiger partial charge in [0.05, 0.1) is 11.6 Å². The molecular weight excluding hydrogens is 278 g/mol. The van der Waals surface area contributed by atoms with Crippen molar-refractivity contribution in [3.63, 3.8) is 0 Å². The number of nitrogens with zero attached hydrogens (tertiary/aromatic N) is 2. The number of hydrogen-bond acceptors (Lipinski definition) is 3. The van der Waals surface area contributed by atoms with Crippen LogP contribution in [0.25, 0.3) is 0 Å². The second kappa shape index (κ2) is 6.24. The summed E-state index contributed by atoms with van der Waals surface area (Å²) in [6.45, 7) is 8.98. The molecular formula is C17H27N3O2. The number of amides is 2. The highest BCUT2D eigenvalue weighted by atomic mass is 16.3. The van der Waals surface area contributed by atoms with Gasteiger partial charge in [-0.15, -0.1) is 0 Å². The zero-order chi connectivity index (χ0) is 16.4. The monoisotopic (exact) mass is 305 g/mol. The smallest absolute Gasteiger partial charge is 0.317 e. The van der Waals surface area contributed by atoms with Crippen LogP contribution in [0.4, 0.5) is 4.79 Å². The number of rotatable bonds is 4. The predicted molar refractivity (Wildman–Crippen MR) is 86.7 cm³/mol. The van der Waals surface area contributed by atoms with Crippen LogP contribution < -0.4 is 5.32 Å². The number of aromatic nitrogens is 1. The van der Waals surface area contributed by atoms with Gasteiger partial charge in [-0.05, 0) is 44.4 Å². The molecule has 1 unspecified atom stereocenters. The van der Waals surface area contributed by atoms with Crippen LogP contribution in [-0.2, 0) is 5.41 Å². The van der Waals surface area contributed by atoms with E-state index >= 15 is 0 Å². The molecule has 1 saturated heterocycles. The van der Waals surface area contributed by atoms with E-state index in [0.29, 0.717) is 13.1 Å². The van der Waals surface area contributed by atoms with E-state index in [4.69, 9.17) is 0 Å². The molecule has 1 aliphatic rings. The fourth-order valence-corrected chi connectivity index (χ4v) is 3.05. The van der Waals surface area contributed by atoms with E-state index in [0.717, 1.165) is 18.4 Å². The zero-order valence-corrected chi connectivity index (χ0v) is 14.0. The lowest BCUT2D eigenvalue weighted by molar-refractivity contribution is 0.00971. The maximum atomic E-state index is 12.5. The first-order valence-electron chi connectivity index (χ1n) is 7.89. The van der Waals surface area contributed by atoms with E-state index in [1.54, 1.807) is 31.1 Å². The van der Waals surface area contributed by atoms with Crippen molar-refractivity contribution in [2.45, 2.75) is 57.6 Å². The van der Waals surface area contributed by atoms with Gasteiger partial charge in [0, 0.05) is 30.9 Å². The molecule has 2 N–H and O–H groups in total. The SMILES string of the molecule is CC(C)(CNC(=O)N1CCCC1C(C)(C)O)c1ccncc1. The lowest BCUT2D eigenvalue weighted by atomic mass is 9.85. The number of carbonyl (C=O) groups excluding carboxylic acids is 1. The van der Waals surface area contributed by atoms with E-state index in [9.17, 15) is 9.90 Å². The largest absolute Gasteiger partial charge is 0.388 e. The van der Waals surface area contributed by atoms with Gasteiger partial charge in [0.1, 0.15) is 0 Å². The molecule has 122 valence electrons. The number of urea groups is 1. The second-order valence-electron chi connectivity index (χ2n) is 7.28. The Balaban J connectivity index is 1.98. The molecule has 2 amide bonds. The average Bonchev–Trinajstić information content (AvgIpc) is 2.95. The number of carbonyl (C=O) groups is 1. The van der Waals surface area contributed by atoms with Crippen LogP contribution in [0.5, 0.6) is 0 Å². The van der Waals surface area contributed by atoms with Gasteiger partial charge in [-0.3, -0.25) is 4.98 Å². The summed E-state index contributed by atoms with van der Waals surface area (Å²) in [6.07, 6.45) is 5.33. The minimum atomic E-state index is -0.867. The minimum absolute atomic E-state index is 0.0910. The molecule has 0 spiro atoms. The summed E-state index contributed by atoms with van der Waals surface area (Å²) < 4.78 is 0. The van der Waals surface area contributed by atoms with Crippen molar-refractivity contribution in [1.29, 1.82) is 0 Å². The van der Waals surface area contributed by atoms with Gasteiger partial charge in [0.25, 0.3) is 0 Å². The number of nitrogens with one attached hydrogen (secondary N) is 1. The Bertz CT molecular complexity index is 508. The third kappa shape index (κ3) is 3.77. The number of hydrogen-bond donors (Lipinski definition) is 2. The Morgan fingerprint density at radius 2 is 2.00 bits per heavy atom. The highest BCUT2D eigenvalue weighted by molar-refractivity contribution is 5.75. The normalized spacial score (nSPS) is 19.3. The Kier molecular flexibility index (Phi) is 4.75. The fraction of sp³-hybridized carbons (Fsp3) is 0.647. The standard InChI is InChI=1S/C17H27N3O2/c1-16(2,13-7-9-18-10-8-13)12-19-15(21)20-11-5-6-14(20)17(3,4)22/h7-10,14,22H,5-6,11-12H2,1-4H3,(H,19,21). The number of aliphatic hydroxyl groups is 1. The lowest BCUT2D eigenvalue weighted by Crippen LogP contribution is -2.52. The first kappa shape index (κ1) is 16.7. The molecule has 0 aliphatic carbocycles. The highest BCUT2D eigenvalue weighted by Gasteiger charge is 2.38. The molecule has 1 aromatic rings. The Hall–Kier alpha value is -1.62. The summed E-state index contributed by atoms with van der Waals surface area (Å²) in [7, 11) is 0. The maximum absolute atomic E-state index is 12.5. The second-order valence-corrected chi connectivity index (χ2v) is 7.28. The van der Waals surface area contributed by atoms with E-state index < -0.39 is 5.60 Å². The van der Waals surface area contributed by atoms with Crippen molar-refractivity contribution < 1.29 is 9.90 Å². The number of pyridine rings is 1. The van der Waals surface area contributed by atoms with Crippen molar-refractivity contribution in [3.8, 4) is 0 Å². The number of likely N-dealkylation sites (tertiary alicyclic amines) is 1.